The van der Waals surface area contributed by atoms with Crippen LogP contribution in [0.1, 0.15) is 40.3 Å². The van der Waals surface area contributed by atoms with Gasteiger partial charge in [-0.2, -0.15) is 0 Å². The molecule has 1 heterocycles. The van der Waals surface area contributed by atoms with Gasteiger partial charge in [-0.25, -0.2) is 9.78 Å². The topological polar surface area (TPSA) is 88.6 Å². The molecule has 2 aromatic carbocycles. The molecule has 0 atom stereocenters. The number of carbonyl (C=O) groups excluding carboxylic acids is 3. The highest BCUT2D eigenvalue weighted by molar-refractivity contribution is 7.13. The van der Waals surface area contributed by atoms with Gasteiger partial charge in [0.25, 0.3) is 11.8 Å². The molecule has 7 nitrogen and oxygen atoms in total. The van der Waals surface area contributed by atoms with E-state index >= 15 is 0 Å². The Morgan fingerprint density at radius 2 is 1.66 bits per heavy atom. The van der Waals surface area contributed by atoms with Gasteiger partial charge in [0.15, 0.2) is 12.3 Å². The number of benzene rings is 2. The van der Waals surface area contributed by atoms with Gasteiger partial charge in [-0.3, -0.25) is 9.59 Å². The predicted molar refractivity (Wildman–Crippen MR) is 125 cm³/mol. The number of aromatic nitrogens is 1. The van der Waals surface area contributed by atoms with E-state index in [2.05, 4.69) is 10.3 Å². The predicted octanol–water partition coefficient (Wildman–Crippen LogP) is 4.40. The number of nitrogens with zero attached hydrogens (tertiary/aromatic N) is 2. The molecule has 8 heteroatoms. The van der Waals surface area contributed by atoms with E-state index in [1.165, 1.54) is 11.3 Å². The van der Waals surface area contributed by atoms with Crippen molar-refractivity contribution in [3.8, 4) is 10.6 Å². The van der Waals surface area contributed by atoms with Crippen LogP contribution in [-0.4, -0.2) is 47.4 Å². The van der Waals surface area contributed by atoms with Gasteiger partial charge in [0, 0.05) is 35.3 Å². The van der Waals surface area contributed by atoms with E-state index in [9.17, 15) is 14.4 Å². The molecule has 0 fully saturated rings. The Morgan fingerprint density at radius 3 is 2.28 bits per heavy atom. The molecule has 32 heavy (non-hydrogen) atoms. The highest BCUT2D eigenvalue weighted by Gasteiger charge is 2.16. The van der Waals surface area contributed by atoms with Gasteiger partial charge in [-0.05, 0) is 45.0 Å². The van der Waals surface area contributed by atoms with Crippen molar-refractivity contribution in [2.75, 3.05) is 25.0 Å². The van der Waals surface area contributed by atoms with Crippen LogP contribution in [0.25, 0.3) is 10.6 Å². The summed E-state index contributed by atoms with van der Waals surface area (Å²) in [6.07, 6.45) is 0. The summed E-state index contributed by atoms with van der Waals surface area (Å²) in [5, 5.41) is 4.97. The zero-order valence-electron chi connectivity index (χ0n) is 18.3. The summed E-state index contributed by atoms with van der Waals surface area (Å²) in [4.78, 5) is 42.7. The Hall–Kier alpha value is -3.52. The number of hydrogen-bond acceptors (Lipinski definition) is 6. The van der Waals surface area contributed by atoms with Crippen molar-refractivity contribution in [1.29, 1.82) is 0 Å². The van der Waals surface area contributed by atoms with Gasteiger partial charge in [-0.15, -0.1) is 11.3 Å². The standard InChI is InChI=1S/C24H25N3O4S/c1-4-27(5-2)23(29)18-10-12-19(13-11-18)25-21(28)14-31-24(30)20-15-32-22(26-20)17-8-6-16(3)7-9-17/h6-13,15H,4-5,14H2,1-3H3,(H,25,28). The lowest BCUT2D eigenvalue weighted by Crippen LogP contribution is -2.30. The number of aryl methyl sites for hydroxylation is 1. The number of anilines is 1. The number of rotatable bonds is 8. The minimum Gasteiger partial charge on any atom is -0.451 e. The van der Waals surface area contributed by atoms with Crippen molar-refractivity contribution in [3.63, 3.8) is 0 Å². The Labute approximate surface area is 191 Å². The van der Waals surface area contributed by atoms with E-state index < -0.39 is 18.5 Å². The van der Waals surface area contributed by atoms with Gasteiger partial charge in [0.05, 0.1) is 0 Å². The number of thiazole rings is 1. The molecule has 1 aromatic heterocycles. The average molecular weight is 452 g/mol. The minimum absolute atomic E-state index is 0.0601. The van der Waals surface area contributed by atoms with Gasteiger partial charge in [-0.1, -0.05) is 29.8 Å². The maximum Gasteiger partial charge on any atom is 0.358 e. The van der Waals surface area contributed by atoms with Gasteiger partial charge < -0.3 is 15.0 Å². The van der Waals surface area contributed by atoms with Crippen molar-refractivity contribution in [2.24, 2.45) is 0 Å². The fourth-order valence-corrected chi connectivity index (χ4v) is 3.78. The molecule has 0 radical (unpaired) electrons. The summed E-state index contributed by atoms with van der Waals surface area (Å²) in [6.45, 7) is 6.67. The fraction of sp³-hybridized carbons (Fsp3) is 0.250. The summed E-state index contributed by atoms with van der Waals surface area (Å²) in [5.41, 5.74) is 3.28. The summed E-state index contributed by atoms with van der Waals surface area (Å²) < 4.78 is 5.09. The van der Waals surface area contributed by atoms with E-state index in [4.69, 9.17) is 4.74 Å². The van der Waals surface area contributed by atoms with Crippen LogP contribution in [0.3, 0.4) is 0 Å². The first kappa shape index (κ1) is 23.1. The number of amides is 2. The molecule has 2 amide bonds. The number of ether oxygens (including phenoxy) is 1. The smallest absolute Gasteiger partial charge is 0.358 e. The first-order valence-electron chi connectivity index (χ1n) is 10.3. The third kappa shape index (κ3) is 5.79. The third-order valence-corrected chi connectivity index (χ3v) is 5.70. The fourth-order valence-electron chi connectivity index (χ4n) is 2.99. The molecule has 166 valence electrons. The van der Waals surface area contributed by atoms with E-state index in [0.717, 1.165) is 11.1 Å². The number of hydrogen-bond donors (Lipinski definition) is 1. The summed E-state index contributed by atoms with van der Waals surface area (Å²) in [5.74, 6) is -1.19. The molecule has 0 spiro atoms. The first-order valence-corrected chi connectivity index (χ1v) is 11.2. The Bertz CT molecular complexity index is 1090. The minimum atomic E-state index is -0.657. The maximum atomic E-state index is 12.3. The largest absolute Gasteiger partial charge is 0.451 e. The molecule has 0 aliphatic carbocycles. The third-order valence-electron chi connectivity index (χ3n) is 4.81. The highest BCUT2D eigenvalue weighted by Crippen LogP contribution is 2.24. The van der Waals surface area contributed by atoms with Crippen LogP contribution in [0.2, 0.25) is 0 Å². The van der Waals surface area contributed by atoms with Crippen LogP contribution in [0, 0.1) is 6.92 Å². The molecule has 0 saturated heterocycles. The van der Waals surface area contributed by atoms with Crippen LogP contribution in [-0.2, 0) is 9.53 Å². The van der Waals surface area contributed by atoms with Crippen molar-refractivity contribution in [2.45, 2.75) is 20.8 Å². The summed E-state index contributed by atoms with van der Waals surface area (Å²) in [7, 11) is 0. The molecular formula is C24H25N3O4S. The second kappa shape index (κ2) is 10.7. The van der Waals surface area contributed by atoms with Crippen LogP contribution in [0.4, 0.5) is 5.69 Å². The van der Waals surface area contributed by atoms with Crippen LogP contribution >= 0.6 is 11.3 Å². The molecule has 0 unspecified atom stereocenters. The lowest BCUT2D eigenvalue weighted by Gasteiger charge is -2.18. The average Bonchev–Trinajstić information content (AvgIpc) is 3.29. The molecule has 0 bridgehead atoms. The Morgan fingerprint density at radius 1 is 1.00 bits per heavy atom. The molecule has 1 N–H and O–H groups in total. The van der Waals surface area contributed by atoms with E-state index in [1.54, 1.807) is 34.5 Å². The monoisotopic (exact) mass is 451 g/mol. The Kier molecular flexibility index (Phi) is 7.72. The second-order valence-corrected chi connectivity index (χ2v) is 7.94. The zero-order valence-corrected chi connectivity index (χ0v) is 19.1. The normalized spacial score (nSPS) is 10.5. The molecule has 0 aliphatic heterocycles. The molecular weight excluding hydrogens is 426 g/mol. The van der Waals surface area contributed by atoms with Gasteiger partial charge in [0.1, 0.15) is 5.01 Å². The molecule has 0 saturated carbocycles. The van der Waals surface area contributed by atoms with Crippen LogP contribution in [0.15, 0.2) is 53.9 Å². The van der Waals surface area contributed by atoms with Crippen molar-refractivity contribution < 1.29 is 19.1 Å². The lowest BCUT2D eigenvalue weighted by atomic mass is 10.2. The quantitative estimate of drug-likeness (QED) is 0.513. The zero-order chi connectivity index (χ0) is 23.1. The van der Waals surface area contributed by atoms with Gasteiger partial charge >= 0.3 is 5.97 Å². The number of esters is 1. The van der Waals surface area contributed by atoms with E-state index in [0.29, 0.717) is 29.3 Å². The van der Waals surface area contributed by atoms with E-state index in [1.807, 2.05) is 45.0 Å². The molecule has 3 rings (SSSR count). The number of nitrogens with one attached hydrogen (secondary N) is 1. The van der Waals surface area contributed by atoms with Crippen molar-refractivity contribution in [3.05, 3.63) is 70.7 Å². The molecule has 0 aliphatic rings. The highest BCUT2D eigenvalue weighted by atomic mass is 32.1. The van der Waals surface area contributed by atoms with E-state index in [-0.39, 0.29) is 11.6 Å². The SMILES string of the molecule is CCN(CC)C(=O)c1ccc(NC(=O)COC(=O)c2csc(-c3ccc(C)cc3)n2)cc1. The number of carbonyl (C=O) groups is 3. The maximum absolute atomic E-state index is 12.3. The van der Waals surface area contributed by atoms with Crippen molar-refractivity contribution in [1.82, 2.24) is 9.88 Å². The van der Waals surface area contributed by atoms with Gasteiger partial charge in [0.2, 0.25) is 0 Å². The van der Waals surface area contributed by atoms with Crippen LogP contribution < -0.4 is 5.32 Å². The second-order valence-electron chi connectivity index (χ2n) is 7.08. The summed E-state index contributed by atoms with van der Waals surface area (Å²) >= 11 is 1.34. The molecule has 3 aromatic rings. The lowest BCUT2D eigenvalue weighted by molar-refractivity contribution is -0.119. The first-order chi connectivity index (χ1) is 15.4. The van der Waals surface area contributed by atoms with Crippen molar-refractivity contribution >= 4 is 34.8 Å². The summed E-state index contributed by atoms with van der Waals surface area (Å²) in [6, 6.07) is 14.4. The Balaban J connectivity index is 1.52. The van der Waals surface area contributed by atoms with Crippen LogP contribution in [0.5, 0.6) is 0 Å².